The maximum atomic E-state index is 12.9. The van der Waals surface area contributed by atoms with Crippen molar-refractivity contribution in [2.75, 3.05) is 0 Å². The molecular weight excluding hydrogens is 302 g/mol. The first-order valence-corrected chi connectivity index (χ1v) is 8.57. The minimum absolute atomic E-state index is 0.0115. The Hall–Kier alpha value is -2.39. The molecule has 1 amide bonds. The Morgan fingerprint density at radius 2 is 1.43 bits per heavy atom. The normalized spacial score (nSPS) is 12.1. The molecule has 1 atom stereocenters. The van der Waals surface area contributed by atoms with Crippen LogP contribution in [-0.4, -0.2) is 5.91 Å². The Kier molecular flexibility index (Phi) is 4.89. The molecule has 0 aliphatic rings. The van der Waals surface area contributed by atoms with Gasteiger partial charge in [-0.2, -0.15) is 0 Å². The van der Waals surface area contributed by atoms with E-state index in [1.54, 1.807) is 11.3 Å². The number of nitrogens with one attached hydrogen (secondary N) is 1. The maximum Gasteiger partial charge on any atom is 0.232 e. The van der Waals surface area contributed by atoms with E-state index < -0.39 is 0 Å². The first kappa shape index (κ1) is 15.5. The zero-order chi connectivity index (χ0) is 16.1. The molecule has 0 radical (unpaired) electrons. The number of hydrogen-bond acceptors (Lipinski definition) is 2. The minimum Gasteiger partial charge on any atom is -0.348 e. The van der Waals surface area contributed by atoms with Crippen molar-refractivity contribution in [2.24, 2.45) is 0 Å². The maximum absolute atomic E-state index is 12.9. The van der Waals surface area contributed by atoms with E-state index in [1.807, 2.05) is 79.0 Å². The number of amides is 1. The quantitative estimate of drug-likeness (QED) is 0.721. The van der Waals surface area contributed by atoms with Crippen LogP contribution in [0.4, 0.5) is 0 Å². The highest BCUT2D eigenvalue weighted by atomic mass is 32.1. The average Bonchev–Trinajstić information content (AvgIpc) is 3.12. The van der Waals surface area contributed by atoms with E-state index >= 15 is 0 Å². The molecule has 0 spiro atoms. The van der Waals surface area contributed by atoms with Gasteiger partial charge in [-0.1, -0.05) is 66.7 Å². The third-order valence-electron chi connectivity index (χ3n) is 3.86. The molecule has 2 nitrogen and oxygen atoms in total. The van der Waals surface area contributed by atoms with E-state index in [2.05, 4.69) is 11.4 Å². The summed E-state index contributed by atoms with van der Waals surface area (Å²) in [6.07, 6.45) is 0. The highest BCUT2D eigenvalue weighted by molar-refractivity contribution is 7.10. The van der Waals surface area contributed by atoms with Crippen LogP contribution in [0, 0.1) is 0 Å². The molecule has 1 aromatic heterocycles. The molecule has 1 N–H and O–H groups in total. The Labute approximate surface area is 140 Å². The van der Waals surface area contributed by atoms with Crippen molar-refractivity contribution in [1.82, 2.24) is 5.32 Å². The smallest absolute Gasteiger partial charge is 0.232 e. The van der Waals surface area contributed by atoms with Gasteiger partial charge in [0.15, 0.2) is 0 Å². The van der Waals surface area contributed by atoms with Gasteiger partial charge in [-0.15, -0.1) is 11.3 Å². The number of carbonyl (C=O) groups is 1. The lowest BCUT2D eigenvalue weighted by Gasteiger charge is -2.20. The summed E-state index contributed by atoms with van der Waals surface area (Å²) in [5.74, 6) is -0.261. The third kappa shape index (κ3) is 3.69. The second-order valence-electron chi connectivity index (χ2n) is 5.50. The monoisotopic (exact) mass is 321 g/mol. The first-order chi connectivity index (χ1) is 11.3. The van der Waals surface area contributed by atoms with Gasteiger partial charge in [-0.05, 0) is 29.5 Å². The zero-order valence-corrected chi connectivity index (χ0v) is 13.8. The molecular formula is C20H19NOS. The standard InChI is InChI=1S/C20H19NOS/c1-15(18-13-8-14-23-18)21-20(22)19(16-9-4-2-5-10-16)17-11-6-3-7-12-17/h2-15,19H,1H3,(H,21,22)/t15-/m1/s1. The van der Waals surface area contributed by atoms with Gasteiger partial charge in [-0.3, -0.25) is 4.79 Å². The summed E-state index contributed by atoms with van der Waals surface area (Å²) in [5.41, 5.74) is 2.02. The molecule has 3 heteroatoms. The van der Waals surface area contributed by atoms with Crippen LogP contribution in [0.25, 0.3) is 0 Å². The summed E-state index contributed by atoms with van der Waals surface area (Å²) < 4.78 is 0. The molecule has 0 unspecified atom stereocenters. The third-order valence-corrected chi connectivity index (χ3v) is 4.91. The van der Waals surface area contributed by atoms with Crippen molar-refractivity contribution in [3.63, 3.8) is 0 Å². The van der Waals surface area contributed by atoms with E-state index in [9.17, 15) is 4.79 Å². The topological polar surface area (TPSA) is 29.1 Å². The molecule has 3 rings (SSSR count). The minimum atomic E-state index is -0.292. The second-order valence-corrected chi connectivity index (χ2v) is 6.48. The Bertz CT molecular complexity index is 698. The molecule has 0 aliphatic carbocycles. The molecule has 0 bridgehead atoms. The fourth-order valence-electron chi connectivity index (χ4n) is 2.69. The highest BCUT2D eigenvalue weighted by Crippen LogP contribution is 2.26. The highest BCUT2D eigenvalue weighted by Gasteiger charge is 2.24. The summed E-state index contributed by atoms with van der Waals surface area (Å²) in [7, 11) is 0. The Balaban J connectivity index is 1.88. The molecule has 0 saturated heterocycles. The predicted molar refractivity (Wildman–Crippen MR) is 95.6 cm³/mol. The van der Waals surface area contributed by atoms with Gasteiger partial charge in [-0.25, -0.2) is 0 Å². The van der Waals surface area contributed by atoms with Gasteiger partial charge >= 0.3 is 0 Å². The van der Waals surface area contributed by atoms with Crippen LogP contribution in [-0.2, 0) is 4.79 Å². The first-order valence-electron chi connectivity index (χ1n) is 7.69. The lowest BCUT2D eigenvalue weighted by Crippen LogP contribution is -2.31. The van der Waals surface area contributed by atoms with E-state index in [1.165, 1.54) is 4.88 Å². The summed E-state index contributed by atoms with van der Waals surface area (Å²) in [6.45, 7) is 2.02. The van der Waals surface area contributed by atoms with Crippen LogP contribution >= 0.6 is 11.3 Å². The summed E-state index contributed by atoms with van der Waals surface area (Å²) >= 11 is 1.66. The van der Waals surface area contributed by atoms with Gasteiger partial charge < -0.3 is 5.32 Å². The van der Waals surface area contributed by atoms with Crippen molar-refractivity contribution in [2.45, 2.75) is 18.9 Å². The summed E-state index contributed by atoms with van der Waals surface area (Å²) in [6, 6.07) is 23.9. The van der Waals surface area contributed by atoms with Gasteiger partial charge in [0.2, 0.25) is 5.91 Å². The van der Waals surface area contributed by atoms with Crippen LogP contribution in [0.5, 0.6) is 0 Å². The SMILES string of the molecule is C[C@@H](NC(=O)C(c1ccccc1)c1ccccc1)c1cccs1. The van der Waals surface area contributed by atoms with Crippen molar-refractivity contribution in [3.8, 4) is 0 Å². The van der Waals surface area contributed by atoms with Crippen LogP contribution in [0.2, 0.25) is 0 Å². The number of carbonyl (C=O) groups excluding carboxylic acids is 1. The molecule has 116 valence electrons. The number of benzene rings is 2. The molecule has 3 aromatic rings. The van der Waals surface area contributed by atoms with Gasteiger partial charge in [0.1, 0.15) is 0 Å². The molecule has 0 fully saturated rings. The van der Waals surface area contributed by atoms with Gasteiger partial charge in [0.05, 0.1) is 12.0 Å². The van der Waals surface area contributed by atoms with E-state index in [0.29, 0.717) is 0 Å². The molecule has 1 heterocycles. The van der Waals surface area contributed by atoms with Crippen LogP contribution in [0.1, 0.15) is 34.9 Å². The molecule has 0 aliphatic heterocycles. The van der Waals surface area contributed by atoms with Crippen molar-refractivity contribution >= 4 is 17.2 Å². The lowest BCUT2D eigenvalue weighted by atomic mass is 9.90. The lowest BCUT2D eigenvalue weighted by molar-refractivity contribution is -0.122. The number of thiophene rings is 1. The van der Waals surface area contributed by atoms with Gasteiger partial charge in [0, 0.05) is 4.88 Å². The Morgan fingerprint density at radius 1 is 0.870 bits per heavy atom. The number of hydrogen-bond donors (Lipinski definition) is 1. The van der Waals surface area contributed by atoms with Crippen LogP contribution in [0.15, 0.2) is 78.2 Å². The van der Waals surface area contributed by atoms with Crippen molar-refractivity contribution in [3.05, 3.63) is 94.2 Å². The van der Waals surface area contributed by atoms with Crippen molar-refractivity contribution < 1.29 is 4.79 Å². The van der Waals surface area contributed by atoms with E-state index in [0.717, 1.165) is 11.1 Å². The summed E-state index contributed by atoms with van der Waals surface area (Å²) in [5, 5.41) is 5.18. The fourth-order valence-corrected chi connectivity index (χ4v) is 3.43. The van der Waals surface area contributed by atoms with Crippen LogP contribution < -0.4 is 5.32 Å². The predicted octanol–water partition coefficient (Wildman–Crippen LogP) is 4.76. The summed E-state index contributed by atoms with van der Waals surface area (Å²) in [4.78, 5) is 14.1. The molecule has 0 saturated carbocycles. The van der Waals surface area contributed by atoms with Gasteiger partial charge in [0.25, 0.3) is 0 Å². The van der Waals surface area contributed by atoms with E-state index in [4.69, 9.17) is 0 Å². The zero-order valence-electron chi connectivity index (χ0n) is 13.0. The molecule has 2 aromatic carbocycles. The average molecular weight is 321 g/mol. The molecule has 23 heavy (non-hydrogen) atoms. The largest absolute Gasteiger partial charge is 0.348 e. The van der Waals surface area contributed by atoms with Crippen molar-refractivity contribution in [1.29, 1.82) is 0 Å². The fraction of sp³-hybridized carbons (Fsp3) is 0.150. The second kappa shape index (κ2) is 7.25. The Morgan fingerprint density at radius 3 is 1.91 bits per heavy atom. The van der Waals surface area contributed by atoms with Crippen LogP contribution in [0.3, 0.4) is 0 Å². The number of rotatable bonds is 5. The van der Waals surface area contributed by atoms with E-state index in [-0.39, 0.29) is 17.9 Å².